The number of hydrogen-bond acceptors (Lipinski definition) is 1. The van der Waals surface area contributed by atoms with Gasteiger partial charge in [0, 0.05) is 5.56 Å². The molecule has 0 aromatic heterocycles. The van der Waals surface area contributed by atoms with Gasteiger partial charge in [0.2, 0.25) is 0 Å². The highest BCUT2D eigenvalue weighted by Gasteiger charge is 2.37. The maximum atomic E-state index is 6.87. The standard InChI is InChI=1S/C33H42OSi/c1-9-32(3,4)25-22-28(33(5,6)10-2)31(34-26-18-12-11-13-19-26)30(23-25)35(7,8)29-21-15-17-24-16-14-20-27(24)29/h11-15,17-23H,9-10,16H2,1-8H3. The van der Waals surface area contributed by atoms with Crippen LogP contribution in [0.2, 0.25) is 13.1 Å². The van der Waals surface area contributed by atoms with Gasteiger partial charge in [0.1, 0.15) is 19.6 Å². The molecule has 3 aromatic carbocycles. The smallest absolute Gasteiger partial charge is 0.130 e. The number of fused-ring (bicyclic) bond motifs is 1. The lowest BCUT2D eigenvalue weighted by Crippen LogP contribution is -2.55. The molecule has 1 nitrogen and oxygen atoms in total. The molecular weight excluding hydrogens is 440 g/mol. The molecule has 2 heteroatoms. The third-order valence-corrected chi connectivity index (χ3v) is 12.0. The third-order valence-electron chi connectivity index (χ3n) is 8.50. The summed E-state index contributed by atoms with van der Waals surface area (Å²) in [5.74, 6) is 1.99. The van der Waals surface area contributed by atoms with Crippen LogP contribution in [0.25, 0.3) is 6.08 Å². The Kier molecular flexibility index (Phi) is 6.90. The monoisotopic (exact) mass is 482 g/mol. The highest BCUT2D eigenvalue weighted by molar-refractivity contribution is 7.01. The molecule has 0 unspecified atom stereocenters. The van der Waals surface area contributed by atoms with Gasteiger partial charge in [-0.1, -0.05) is 115 Å². The Morgan fingerprint density at radius 3 is 2.14 bits per heavy atom. The van der Waals surface area contributed by atoms with Gasteiger partial charge in [-0.2, -0.15) is 0 Å². The topological polar surface area (TPSA) is 9.23 Å². The lowest BCUT2D eigenvalue weighted by atomic mass is 9.76. The molecule has 0 bridgehead atoms. The fourth-order valence-electron chi connectivity index (χ4n) is 5.08. The van der Waals surface area contributed by atoms with Crippen LogP contribution >= 0.6 is 0 Å². The summed E-state index contributed by atoms with van der Waals surface area (Å²) in [5, 5.41) is 2.92. The van der Waals surface area contributed by atoms with E-state index in [0.717, 1.165) is 30.8 Å². The number of benzene rings is 3. The minimum Gasteiger partial charge on any atom is -0.457 e. The van der Waals surface area contributed by atoms with Gasteiger partial charge < -0.3 is 4.74 Å². The van der Waals surface area contributed by atoms with Gasteiger partial charge in [-0.05, 0) is 69.3 Å². The van der Waals surface area contributed by atoms with Crippen molar-refractivity contribution in [1.82, 2.24) is 0 Å². The molecule has 1 aliphatic rings. The lowest BCUT2D eigenvalue weighted by Gasteiger charge is -2.36. The molecule has 0 heterocycles. The first kappa shape index (κ1) is 25.5. The van der Waals surface area contributed by atoms with Gasteiger partial charge in [-0.3, -0.25) is 0 Å². The summed E-state index contributed by atoms with van der Waals surface area (Å²) in [5.41, 5.74) is 5.75. The molecule has 0 radical (unpaired) electrons. The Balaban J connectivity index is 2.05. The normalized spacial score (nSPS) is 13.7. The first-order valence-electron chi connectivity index (χ1n) is 13.2. The van der Waals surface area contributed by atoms with Crippen LogP contribution in [-0.2, 0) is 17.3 Å². The van der Waals surface area contributed by atoms with Crippen LogP contribution in [0.15, 0.2) is 66.7 Å². The molecule has 0 saturated carbocycles. The van der Waals surface area contributed by atoms with E-state index in [1.807, 2.05) is 0 Å². The summed E-state index contributed by atoms with van der Waals surface area (Å²) in [6, 6.07) is 22.2. The van der Waals surface area contributed by atoms with E-state index in [1.54, 1.807) is 0 Å². The first-order valence-corrected chi connectivity index (χ1v) is 16.2. The van der Waals surface area contributed by atoms with E-state index < -0.39 is 8.07 Å². The van der Waals surface area contributed by atoms with Crippen LogP contribution in [-0.4, -0.2) is 8.07 Å². The molecule has 0 aliphatic heterocycles. The number of rotatable bonds is 8. The van der Waals surface area contributed by atoms with Gasteiger partial charge in [0.15, 0.2) is 0 Å². The number of para-hydroxylation sites is 1. The lowest BCUT2D eigenvalue weighted by molar-refractivity contribution is 0.435. The maximum Gasteiger partial charge on any atom is 0.130 e. The molecule has 1 aliphatic carbocycles. The Morgan fingerprint density at radius 1 is 0.800 bits per heavy atom. The maximum absolute atomic E-state index is 6.87. The average Bonchev–Trinajstić information content (AvgIpc) is 3.33. The minimum atomic E-state index is -2.13. The van der Waals surface area contributed by atoms with Crippen LogP contribution in [0.4, 0.5) is 0 Å². The summed E-state index contributed by atoms with van der Waals surface area (Å²) >= 11 is 0. The Morgan fingerprint density at radius 2 is 1.49 bits per heavy atom. The van der Waals surface area contributed by atoms with E-state index in [9.17, 15) is 0 Å². The van der Waals surface area contributed by atoms with E-state index >= 15 is 0 Å². The van der Waals surface area contributed by atoms with Gasteiger partial charge in [-0.25, -0.2) is 0 Å². The molecule has 4 rings (SSSR count). The number of hydrogen-bond donors (Lipinski definition) is 0. The quantitative estimate of drug-likeness (QED) is 0.294. The van der Waals surface area contributed by atoms with Crippen LogP contribution < -0.4 is 15.1 Å². The van der Waals surface area contributed by atoms with Gasteiger partial charge in [-0.15, -0.1) is 0 Å². The Bertz CT molecular complexity index is 1230. The number of ether oxygens (including phenoxy) is 1. The SMILES string of the molecule is CCC(C)(C)c1cc(C(C)(C)CC)c(Oc2ccccc2)c([Si](C)(C)c2cccc3c2C=CC3)c1. The van der Waals surface area contributed by atoms with Crippen molar-refractivity contribution >= 4 is 24.5 Å². The summed E-state index contributed by atoms with van der Waals surface area (Å²) < 4.78 is 6.87. The van der Waals surface area contributed by atoms with E-state index in [1.165, 1.54) is 32.6 Å². The Hall–Kier alpha value is -2.58. The molecule has 0 N–H and O–H groups in total. The van der Waals surface area contributed by atoms with E-state index in [4.69, 9.17) is 4.74 Å². The molecule has 184 valence electrons. The summed E-state index contributed by atoms with van der Waals surface area (Å²) in [7, 11) is -2.13. The van der Waals surface area contributed by atoms with Gasteiger partial charge in [0.25, 0.3) is 0 Å². The van der Waals surface area contributed by atoms with Crippen LogP contribution in [0.5, 0.6) is 11.5 Å². The largest absolute Gasteiger partial charge is 0.457 e. The molecule has 35 heavy (non-hydrogen) atoms. The molecule has 0 atom stereocenters. The predicted molar refractivity (Wildman–Crippen MR) is 156 cm³/mol. The van der Waals surface area contributed by atoms with E-state index in [2.05, 4.69) is 127 Å². The second-order valence-electron chi connectivity index (χ2n) is 11.9. The van der Waals surface area contributed by atoms with Crippen molar-refractivity contribution in [2.75, 3.05) is 0 Å². The zero-order valence-corrected chi connectivity index (χ0v) is 24.0. The van der Waals surface area contributed by atoms with Crippen LogP contribution in [0, 0.1) is 0 Å². The average molecular weight is 483 g/mol. The molecule has 3 aromatic rings. The third kappa shape index (κ3) is 4.78. The zero-order valence-electron chi connectivity index (χ0n) is 23.0. The van der Waals surface area contributed by atoms with Gasteiger partial charge in [0.05, 0.1) is 0 Å². The highest BCUT2D eigenvalue weighted by Crippen LogP contribution is 2.40. The van der Waals surface area contributed by atoms with Gasteiger partial charge >= 0.3 is 0 Å². The van der Waals surface area contributed by atoms with Crippen molar-refractivity contribution in [3.8, 4) is 11.5 Å². The molecule has 0 amide bonds. The molecule has 0 spiro atoms. The molecule has 0 saturated heterocycles. The van der Waals surface area contributed by atoms with Crippen molar-refractivity contribution < 1.29 is 4.74 Å². The highest BCUT2D eigenvalue weighted by atomic mass is 28.3. The predicted octanol–water partition coefficient (Wildman–Crippen LogP) is 8.25. The fraction of sp³-hybridized carbons (Fsp3) is 0.394. The van der Waals surface area contributed by atoms with Crippen molar-refractivity contribution in [1.29, 1.82) is 0 Å². The van der Waals surface area contributed by atoms with Crippen LogP contribution in [0.1, 0.15) is 76.6 Å². The summed E-state index contributed by atoms with van der Waals surface area (Å²) in [4.78, 5) is 0. The number of allylic oxidation sites excluding steroid dienone is 1. The minimum absolute atomic E-state index is 0.00170. The second kappa shape index (κ2) is 9.46. The van der Waals surface area contributed by atoms with Crippen molar-refractivity contribution in [2.24, 2.45) is 0 Å². The first-order chi connectivity index (χ1) is 16.5. The summed E-state index contributed by atoms with van der Waals surface area (Å²) in [6.45, 7) is 19.1. The molecule has 0 fully saturated rings. The molecular formula is C33H42OSi. The van der Waals surface area contributed by atoms with E-state index in [-0.39, 0.29) is 10.8 Å². The zero-order chi connectivity index (χ0) is 25.4. The van der Waals surface area contributed by atoms with E-state index in [0.29, 0.717) is 0 Å². The summed E-state index contributed by atoms with van der Waals surface area (Å²) in [6.07, 6.45) is 7.84. The Labute approximate surface area is 214 Å². The van der Waals surface area contributed by atoms with Crippen molar-refractivity contribution in [2.45, 2.75) is 84.7 Å². The van der Waals surface area contributed by atoms with Crippen molar-refractivity contribution in [3.05, 3.63) is 89.0 Å². The second-order valence-corrected chi connectivity index (χ2v) is 16.2. The fourth-order valence-corrected chi connectivity index (χ4v) is 8.07. The van der Waals surface area contributed by atoms with Crippen LogP contribution in [0.3, 0.4) is 0 Å². The van der Waals surface area contributed by atoms with Crippen molar-refractivity contribution in [3.63, 3.8) is 0 Å².